The number of ketones is 1. The van der Waals surface area contributed by atoms with Gasteiger partial charge in [-0.3, -0.25) is 4.79 Å². The fraction of sp³-hybridized carbons (Fsp3) is 0.762. The van der Waals surface area contributed by atoms with Crippen LogP contribution < -0.4 is 0 Å². The molecule has 0 aromatic heterocycles. The summed E-state index contributed by atoms with van der Waals surface area (Å²) in [5.74, 6) is 0.596. The molecule has 142 valence electrons. The highest BCUT2D eigenvalue weighted by atomic mass is 16.5. The van der Waals surface area contributed by atoms with Gasteiger partial charge in [0.2, 0.25) is 0 Å². The van der Waals surface area contributed by atoms with E-state index in [1.807, 2.05) is 19.0 Å². The highest BCUT2D eigenvalue weighted by molar-refractivity contribution is 5.88. The fourth-order valence-corrected chi connectivity index (χ4v) is 6.70. The molecule has 2 bridgehead atoms. The predicted octanol–water partition coefficient (Wildman–Crippen LogP) is 1.59. The Hall–Kier alpha value is -1.01. The Balaban J connectivity index is 1.63. The van der Waals surface area contributed by atoms with E-state index in [1.165, 1.54) is 0 Å². The minimum atomic E-state index is -0.897. The van der Waals surface area contributed by atoms with Gasteiger partial charge in [-0.05, 0) is 57.3 Å². The van der Waals surface area contributed by atoms with Crippen molar-refractivity contribution in [2.24, 2.45) is 11.3 Å². The Morgan fingerprint density at radius 3 is 2.77 bits per heavy atom. The first kappa shape index (κ1) is 17.1. The lowest BCUT2D eigenvalue weighted by atomic mass is 9.61. The van der Waals surface area contributed by atoms with Gasteiger partial charge in [0.25, 0.3) is 0 Å². The SMILES string of the molecule is CN(C)[C@H]1C[C@@]23CCC4(O2)C(=CC[C@]2(C)C(=O)CC[C@@H]42)C=C3[C@@H](O)[C@@H]1O. The average Bonchev–Trinajstić information content (AvgIpc) is 3.07. The van der Waals surface area contributed by atoms with Gasteiger partial charge in [0.05, 0.1) is 17.3 Å². The van der Waals surface area contributed by atoms with Crippen molar-refractivity contribution >= 4 is 5.78 Å². The van der Waals surface area contributed by atoms with Crippen LogP contribution in [0, 0.1) is 11.3 Å². The molecule has 1 unspecified atom stereocenters. The molecule has 1 saturated heterocycles. The maximum absolute atomic E-state index is 12.6. The molecule has 0 aromatic carbocycles. The minimum Gasteiger partial charge on any atom is -0.388 e. The standard InChI is InChI=1S/C21H29NO4/c1-19-7-6-12-10-13-17(24)18(25)14(22(2)3)11-20(13)8-9-21(12,26-20)15(19)4-5-16(19)23/h6,10,14-15,17-18,24-25H,4-5,7-9,11H2,1-3H3/t14-,15+,17+,18+,19-,20+,21?/m0/s1. The number of carbonyl (C=O) groups is 1. The summed E-state index contributed by atoms with van der Waals surface area (Å²) in [5, 5.41) is 21.5. The van der Waals surface area contributed by atoms with Crippen LogP contribution in [0.3, 0.4) is 0 Å². The molecule has 2 N–H and O–H groups in total. The third-order valence-electron chi connectivity index (χ3n) is 8.22. The Bertz CT molecular complexity index is 742. The lowest BCUT2D eigenvalue weighted by Crippen LogP contribution is -2.62. The number of hydrogen-bond donors (Lipinski definition) is 2. The van der Waals surface area contributed by atoms with Crippen LogP contribution in [0.2, 0.25) is 0 Å². The van der Waals surface area contributed by atoms with E-state index >= 15 is 0 Å². The molecule has 2 aliphatic heterocycles. The maximum Gasteiger partial charge on any atom is 0.139 e. The highest BCUT2D eigenvalue weighted by Gasteiger charge is 2.68. The highest BCUT2D eigenvalue weighted by Crippen LogP contribution is 2.65. The van der Waals surface area contributed by atoms with E-state index in [-0.39, 0.29) is 23.0 Å². The monoisotopic (exact) mass is 359 g/mol. The van der Waals surface area contributed by atoms with Gasteiger partial charge in [0, 0.05) is 23.8 Å². The molecule has 2 saturated carbocycles. The van der Waals surface area contributed by atoms with Crippen molar-refractivity contribution in [1.82, 2.24) is 4.90 Å². The normalized spacial score (nSPS) is 52.3. The van der Waals surface area contributed by atoms with Crippen molar-refractivity contribution in [3.8, 4) is 0 Å². The second kappa shape index (κ2) is 5.07. The lowest BCUT2D eigenvalue weighted by Gasteiger charge is -2.55. The number of hydrogen-bond acceptors (Lipinski definition) is 5. The lowest BCUT2D eigenvalue weighted by molar-refractivity contribution is -0.167. The van der Waals surface area contributed by atoms with Gasteiger partial charge in [0.1, 0.15) is 11.9 Å². The zero-order valence-corrected chi connectivity index (χ0v) is 15.9. The number of Topliss-reactive ketones (excluding diaryl/α,β-unsaturated/α-hetero) is 1. The molecule has 0 radical (unpaired) electrons. The summed E-state index contributed by atoms with van der Waals surface area (Å²) in [6, 6.07) is -0.136. The van der Waals surface area contributed by atoms with Crippen LogP contribution in [0.15, 0.2) is 23.3 Å². The van der Waals surface area contributed by atoms with Crippen molar-refractivity contribution in [2.75, 3.05) is 14.1 Å². The zero-order chi connectivity index (χ0) is 18.5. The van der Waals surface area contributed by atoms with Gasteiger partial charge < -0.3 is 19.8 Å². The Labute approximate surface area is 154 Å². The Morgan fingerprint density at radius 1 is 1.27 bits per heavy atom. The summed E-state index contributed by atoms with van der Waals surface area (Å²) in [7, 11) is 3.89. The molecule has 3 aliphatic carbocycles. The van der Waals surface area contributed by atoms with Gasteiger partial charge in [-0.15, -0.1) is 0 Å². The molecule has 2 heterocycles. The molecular weight excluding hydrogens is 330 g/mol. The molecule has 3 fully saturated rings. The number of allylic oxidation sites excluding steroid dienone is 1. The zero-order valence-electron chi connectivity index (χ0n) is 15.9. The maximum atomic E-state index is 12.6. The van der Waals surface area contributed by atoms with E-state index in [1.54, 1.807) is 0 Å². The molecule has 26 heavy (non-hydrogen) atoms. The molecule has 0 aromatic rings. The van der Waals surface area contributed by atoms with E-state index in [2.05, 4.69) is 19.1 Å². The molecule has 7 atom stereocenters. The van der Waals surface area contributed by atoms with E-state index in [9.17, 15) is 15.0 Å². The van der Waals surface area contributed by atoms with Crippen LogP contribution in [0.5, 0.6) is 0 Å². The number of likely N-dealkylation sites (N-methyl/N-ethyl adjacent to an activating group) is 1. The molecular formula is C21H29NO4. The van der Waals surface area contributed by atoms with Crippen molar-refractivity contribution < 1.29 is 19.7 Å². The van der Waals surface area contributed by atoms with Crippen LogP contribution in [-0.2, 0) is 9.53 Å². The Kier molecular flexibility index (Phi) is 3.34. The third-order valence-corrected chi connectivity index (χ3v) is 8.22. The van der Waals surface area contributed by atoms with Gasteiger partial charge >= 0.3 is 0 Å². The third kappa shape index (κ3) is 1.83. The number of nitrogens with zero attached hydrogens (tertiary/aromatic N) is 1. The predicted molar refractivity (Wildman–Crippen MR) is 96.5 cm³/mol. The molecule has 5 heteroatoms. The number of aliphatic hydroxyl groups excluding tert-OH is 2. The fourth-order valence-electron chi connectivity index (χ4n) is 6.70. The van der Waals surface area contributed by atoms with Gasteiger partial charge in [-0.2, -0.15) is 0 Å². The van der Waals surface area contributed by atoms with E-state index in [0.29, 0.717) is 18.6 Å². The van der Waals surface area contributed by atoms with E-state index in [0.717, 1.165) is 36.8 Å². The molecule has 0 amide bonds. The van der Waals surface area contributed by atoms with Crippen molar-refractivity contribution in [3.63, 3.8) is 0 Å². The van der Waals surface area contributed by atoms with E-state index < -0.39 is 17.8 Å². The smallest absolute Gasteiger partial charge is 0.139 e. The van der Waals surface area contributed by atoms with Crippen molar-refractivity contribution in [1.29, 1.82) is 0 Å². The number of rotatable bonds is 1. The van der Waals surface area contributed by atoms with Crippen LogP contribution in [0.1, 0.15) is 45.4 Å². The van der Waals surface area contributed by atoms with Gasteiger partial charge in [-0.25, -0.2) is 0 Å². The second-order valence-electron chi connectivity index (χ2n) is 9.55. The minimum absolute atomic E-state index is 0.136. The first-order valence-corrected chi connectivity index (χ1v) is 9.92. The van der Waals surface area contributed by atoms with Gasteiger partial charge in [-0.1, -0.05) is 19.1 Å². The number of ether oxygens (including phenoxy) is 1. The van der Waals surface area contributed by atoms with Crippen LogP contribution in [0.4, 0.5) is 0 Å². The summed E-state index contributed by atoms with van der Waals surface area (Å²) in [5.41, 5.74) is 0.771. The first-order valence-electron chi connectivity index (χ1n) is 9.92. The summed E-state index contributed by atoms with van der Waals surface area (Å²) in [6.07, 6.45) is 7.32. The second-order valence-corrected chi connectivity index (χ2v) is 9.55. The van der Waals surface area contributed by atoms with Crippen LogP contribution in [-0.4, -0.2) is 64.4 Å². The average molecular weight is 359 g/mol. The number of fused-ring (bicyclic) bond motifs is 1. The first-order chi connectivity index (χ1) is 12.2. The summed E-state index contributed by atoms with van der Waals surface area (Å²) in [4.78, 5) is 14.6. The van der Waals surface area contributed by atoms with E-state index in [4.69, 9.17) is 4.74 Å². The quantitative estimate of drug-likeness (QED) is 0.744. The van der Waals surface area contributed by atoms with Crippen LogP contribution in [0.25, 0.3) is 0 Å². The van der Waals surface area contributed by atoms with Crippen LogP contribution >= 0.6 is 0 Å². The van der Waals surface area contributed by atoms with Gasteiger partial charge in [0.15, 0.2) is 0 Å². The molecule has 2 spiro atoms. The Morgan fingerprint density at radius 2 is 2.04 bits per heavy atom. The summed E-state index contributed by atoms with van der Waals surface area (Å²) in [6.45, 7) is 2.12. The molecule has 5 rings (SSSR count). The topological polar surface area (TPSA) is 70.0 Å². The van der Waals surface area contributed by atoms with Crippen molar-refractivity contribution in [2.45, 2.75) is 74.9 Å². The van der Waals surface area contributed by atoms with Crippen molar-refractivity contribution in [3.05, 3.63) is 23.3 Å². The summed E-state index contributed by atoms with van der Waals surface area (Å²) < 4.78 is 6.92. The summed E-state index contributed by atoms with van der Waals surface area (Å²) >= 11 is 0. The largest absolute Gasteiger partial charge is 0.388 e. The molecule has 5 aliphatic rings. The molecule has 5 nitrogen and oxygen atoms in total. The number of carbonyl (C=O) groups excluding carboxylic acids is 1. The number of aliphatic hydroxyl groups is 2.